The zero-order valence-electron chi connectivity index (χ0n) is 18.7. The molecule has 1 aliphatic rings. The van der Waals surface area contributed by atoms with Gasteiger partial charge in [-0.2, -0.15) is 0 Å². The van der Waals surface area contributed by atoms with Gasteiger partial charge in [0.05, 0.1) is 16.8 Å². The van der Waals surface area contributed by atoms with Crippen molar-refractivity contribution in [3.63, 3.8) is 0 Å². The number of aromatic nitrogens is 1. The first-order chi connectivity index (χ1) is 15.3. The maximum absolute atomic E-state index is 13.9. The number of benzene rings is 2. The highest BCUT2D eigenvalue weighted by molar-refractivity contribution is 5.98. The molecule has 0 radical (unpaired) electrons. The molecule has 2 heterocycles. The number of rotatable bonds is 4. The maximum atomic E-state index is 13.9. The summed E-state index contributed by atoms with van der Waals surface area (Å²) in [5.74, 6) is -0.942. The minimum absolute atomic E-state index is 0.00456. The molecular formula is C26H28FN3O2. The third-order valence-electron chi connectivity index (χ3n) is 6.13. The summed E-state index contributed by atoms with van der Waals surface area (Å²) >= 11 is 0. The van der Waals surface area contributed by atoms with Crippen molar-refractivity contribution in [3.8, 4) is 5.69 Å². The van der Waals surface area contributed by atoms with Crippen LogP contribution in [0.4, 0.5) is 4.39 Å². The molecule has 1 aromatic heterocycles. The van der Waals surface area contributed by atoms with Gasteiger partial charge in [0.1, 0.15) is 5.82 Å². The summed E-state index contributed by atoms with van der Waals surface area (Å²) in [7, 11) is 0. The van der Waals surface area contributed by atoms with Crippen LogP contribution in [0.2, 0.25) is 0 Å². The topological polar surface area (TPSA) is 54.3 Å². The Balaban J connectivity index is 1.47. The predicted octanol–water partition coefficient (Wildman–Crippen LogP) is 4.58. The second kappa shape index (κ2) is 8.99. The Morgan fingerprint density at radius 3 is 2.22 bits per heavy atom. The van der Waals surface area contributed by atoms with Crippen molar-refractivity contribution in [2.24, 2.45) is 0 Å². The lowest BCUT2D eigenvalue weighted by atomic mass is 10.0. The molecule has 1 saturated heterocycles. The smallest absolute Gasteiger partial charge is 0.255 e. The number of carbonyl (C=O) groups is 2. The molecule has 0 atom stereocenters. The van der Waals surface area contributed by atoms with Crippen LogP contribution < -0.4 is 5.32 Å². The number of nitrogens with zero attached hydrogens (tertiary/aromatic N) is 2. The number of hydrogen-bond acceptors (Lipinski definition) is 2. The Bertz CT molecular complexity index is 1140. The molecule has 1 aliphatic heterocycles. The maximum Gasteiger partial charge on any atom is 0.255 e. The van der Waals surface area contributed by atoms with Crippen LogP contribution in [0.15, 0.2) is 54.6 Å². The van der Waals surface area contributed by atoms with Crippen molar-refractivity contribution in [3.05, 3.63) is 88.5 Å². The Morgan fingerprint density at radius 1 is 0.906 bits per heavy atom. The highest BCUT2D eigenvalue weighted by Gasteiger charge is 2.27. The monoisotopic (exact) mass is 433 g/mol. The molecule has 3 aromatic rings. The molecule has 2 amide bonds. The minimum atomic E-state index is -0.528. The first kappa shape index (κ1) is 21.8. The van der Waals surface area contributed by atoms with Crippen molar-refractivity contribution >= 4 is 11.8 Å². The lowest BCUT2D eigenvalue weighted by Gasteiger charge is -2.33. The van der Waals surface area contributed by atoms with E-state index in [2.05, 4.69) is 9.88 Å². The number of amides is 2. The number of halogens is 1. The van der Waals surface area contributed by atoms with E-state index in [1.165, 1.54) is 12.1 Å². The van der Waals surface area contributed by atoms with Crippen LogP contribution in [0, 0.1) is 26.6 Å². The molecule has 4 rings (SSSR count). The summed E-state index contributed by atoms with van der Waals surface area (Å²) in [6, 6.07) is 16.0. The van der Waals surface area contributed by atoms with Gasteiger partial charge in [-0.25, -0.2) is 4.39 Å². The SMILES string of the molecule is Cc1ccc(-n2c(C)ccc2C)c(C(=O)N2CCC(NC(=O)c3ccccc3F)CC2)c1. The first-order valence-electron chi connectivity index (χ1n) is 11.0. The summed E-state index contributed by atoms with van der Waals surface area (Å²) in [6.07, 6.45) is 1.27. The van der Waals surface area contributed by atoms with Crippen molar-refractivity contribution < 1.29 is 14.0 Å². The Morgan fingerprint density at radius 2 is 1.56 bits per heavy atom. The van der Waals surface area contributed by atoms with Gasteiger partial charge >= 0.3 is 0 Å². The Kier molecular flexibility index (Phi) is 6.12. The summed E-state index contributed by atoms with van der Waals surface area (Å²) in [6.45, 7) is 7.13. The summed E-state index contributed by atoms with van der Waals surface area (Å²) in [5.41, 5.74) is 4.81. The highest BCUT2D eigenvalue weighted by atomic mass is 19.1. The molecule has 6 heteroatoms. The lowest BCUT2D eigenvalue weighted by Crippen LogP contribution is -2.46. The molecule has 0 aliphatic carbocycles. The van der Waals surface area contributed by atoms with Gasteiger partial charge < -0.3 is 14.8 Å². The number of piperidine rings is 1. The van der Waals surface area contributed by atoms with Crippen molar-refractivity contribution in [2.75, 3.05) is 13.1 Å². The second-order valence-electron chi connectivity index (χ2n) is 8.49. The van der Waals surface area contributed by atoms with Gasteiger partial charge in [-0.1, -0.05) is 23.8 Å². The van der Waals surface area contributed by atoms with E-state index < -0.39 is 11.7 Å². The zero-order valence-corrected chi connectivity index (χ0v) is 18.7. The van der Waals surface area contributed by atoms with Gasteiger partial charge in [-0.15, -0.1) is 0 Å². The van der Waals surface area contributed by atoms with Crippen LogP contribution >= 0.6 is 0 Å². The molecular weight excluding hydrogens is 405 g/mol. The molecule has 166 valence electrons. The van der Waals surface area contributed by atoms with Crippen LogP contribution in [-0.2, 0) is 0 Å². The van der Waals surface area contributed by atoms with Crippen molar-refractivity contribution in [2.45, 2.75) is 39.7 Å². The molecule has 0 bridgehead atoms. The fraction of sp³-hybridized carbons (Fsp3) is 0.308. The van der Waals surface area contributed by atoms with E-state index >= 15 is 0 Å². The second-order valence-corrected chi connectivity index (χ2v) is 8.49. The van der Waals surface area contributed by atoms with Gasteiger partial charge in [-0.3, -0.25) is 9.59 Å². The lowest BCUT2D eigenvalue weighted by molar-refractivity contribution is 0.0698. The highest BCUT2D eigenvalue weighted by Crippen LogP contribution is 2.24. The average Bonchev–Trinajstić information content (AvgIpc) is 3.12. The van der Waals surface area contributed by atoms with E-state index in [1.807, 2.05) is 56.0 Å². The molecule has 1 N–H and O–H groups in total. The number of aryl methyl sites for hydroxylation is 3. The van der Waals surface area contributed by atoms with Gasteiger partial charge in [0.15, 0.2) is 0 Å². The summed E-state index contributed by atoms with van der Waals surface area (Å²) < 4.78 is 16.0. The van der Waals surface area contributed by atoms with Crippen LogP contribution in [0.25, 0.3) is 5.69 Å². The minimum Gasteiger partial charge on any atom is -0.349 e. The quantitative estimate of drug-likeness (QED) is 0.655. The van der Waals surface area contributed by atoms with E-state index in [-0.39, 0.29) is 17.5 Å². The Labute approximate surface area is 187 Å². The molecule has 0 saturated carbocycles. The van der Waals surface area contributed by atoms with E-state index in [0.29, 0.717) is 31.5 Å². The van der Waals surface area contributed by atoms with Crippen LogP contribution in [0.1, 0.15) is 50.5 Å². The normalized spacial score (nSPS) is 14.4. The molecule has 5 nitrogen and oxygen atoms in total. The fourth-order valence-corrected chi connectivity index (χ4v) is 4.37. The first-order valence-corrected chi connectivity index (χ1v) is 11.0. The van der Waals surface area contributed by atoms with Crippen LogP contribution in [0.3, 0.4) is 0 Å². The predicted molar refractivity (Wildman–Crippen MR) is 123 cm³/mol. The fourth-order valence-electron chi connectivity index (χ4n) is 4.37. The number of hydrogen-bond donors (Lipinski definition) is 1. The van der Waals surface area contributed by atoms with Gasteiger partial charge in [-0.05, 0) is 70.0 Å². The van der Waals surface area contributed by atoms with Gasteiger partial charge in [0.2, 0.25) is 0 Å². The Hall–Kier alpha value is -3.41. The van der Waals surface area contributed by atoms with Gasteiger partial charge in [0.25, 0.3) is 11.8 Å². The van der Waals surface area contributed by atoms with E-state index in [9.17, 15) is 14.0 Å². The average molecular weight is 434 g/mol. The van der Waals surface area contributed by atoms with E-state index in [0.717, 1.165) is 22.6 Å². The summed E-state index contributed by atoms with van der Waals surface area (Å²) in [4.78, 5) is 27.7. The molecule has 1 fully saturated rings. The third-order valence-corrected chi connectivity index (χ3v) is 6.13. The molecule has 2 aromatic carbocycles. The standard InChI is InChI=1S/C26H28FN3O2/c1-17-8-11-24(30-18(2)9-10-19(30)3)22(16-17)26(32)29-14-12-20(13-15-29)28-25(31)21-6-4-5-7-23(21)27/h4-11,16,20H,12-15H2,1-3H3,(H,28,31). The van der Waals surface area contributed by atoms with Crippen LogP contribution in [-0.4, -0.2) is 40.4 Å². The van der Waals surface area contributed by atoms with Crippen LogP contribution in [0.5, 0.6) is 0 Å². The molecule has 32 heavy (non-hydrogen) atoms. The summed E-state index contributed by atoms with van der Waals surface area (Å²) in [5, 5.41) is 2.91. The van der Waals surface area contributed by atoms with Crippen molar-refractivity contribution in [1.82, 2.24) is 14.8 Å². The zero-order chi connectivity index (χ0) is 22.8. The molecule has 0 spiro atoms. The number of nitrogens with one attached hydrogen (secondary N) is 1. The van der Waals surface area contributed by atoms with E-state index in [1.54, 1.807) is 12.1 Å². The largest absolute Gasteiger partial charge is 0.349 e. The van der Waals surface area contributed by atoms with E-state index in [4.69, 9.17) is 0 Å². The molecule has 0 unspecified atom stereocenters. The number of carbonyl (C=O) groups excluding carboxylic acids is 2. The van der Waals surface area contributed by atoms with Crippen molar-refractivity contribution in [1.29, 1.82) is 0 Å². The number of likely N-dealkylation sites (tertiary alicyclic amines) is 1. The van der Waals surface area contributed by atoms with Gasteiger partial charge in [0, 0.05) is 30.5 Å². The third kappa shape index (κ3) is 4.31.